The van der Waals surface area contributed by atoms with Gasteiger partial charge < -0.3 is 25.2 Å². The largest absolute Gasteiger partial charge is 4.00 e. The van der Waals surface area contributed by atoms with Crippen molar-refractivity contribution in [2.75, 3.05) is 0 Å². The summed E-state index contributed by atoms with van der Waals surface area (Å²) in [5.41, 5.74) is 0.0648. The molecule has 0 aromatic heterocycles. The molecule has 0 unspecified atom stereocenters. The standard InChI is InChI=1S/C4H6O2.3C3H7O.Zr/c1-3(2)4(5)6;3*1-3(2)4;/h1H2,2H3,(H,5,6);3*3H,1-2H3;/q;3*-1;+4/p-1. The molecule has 0 rings (SSSR count). The Morgan fingerprint density at radius 1 is 0.842 bits per heavy atom. The first-order valence-corrected chi connectivity index (χ1v) is 5.68. The molecule has 0 saturated carbocycles. The summed E-state index contributed by atoms with van der Waals surface area (Å²) in [7, 11) is 0. The molecule has 0 aliphatic rings. The van der Waals surface area contributed by atoms with E-state index in [9.17, 15) is 25.2 Å². The van der Waals surface area contributed by atoms with Crippen LogP contribution >= 0.6 is 0 Å². The van der Waals surface area contributed by atoms with Gasteiger partial charge in [0.25, 0.3) is 0 Å². The second kappa shape index (κ2) is 23.1. The van der Waals surface area contributed by atoms with Crippen molar-refractivity contribution < 1.29 is 51.4 Å². The number of hydrogen-bond donors (Lipinski definition) is 0. The van der Waals surface area contributed by atoms with E-state index in [4.69, 9.17) is 0 Å². The minimum absolute atomic E-state index is 0. The molecule has 0 amide bonds. The fraction of sp³-hybridized carbons (Fsp3) is 0.769. The third-order valence-electron chi connectivity index (χ3n) is 0.348. The van der Waals surface area contributed by atoms with Gasteiger partial charge in [-0.2, -0.15) is 0 Å². The quantitative estimate of drug-likeness (QED) is 0.537. The summed E-state index contributed by atoms with van der Waals surface area (Å²) in [6.07, 6.45) is -1.25. The number of hydrogen-bond acceptors (Lipinski definition) is 5. The molecule has 0 radical (unpaired) electrons. The van der Waals surface area contributed by atoms with Gasteiger partial charge in [-0.3, -0.25) is 0 Å². The molecule has 0 aliphatic carbocycles. The van der Waals surface area contributed by atoms with Crippen LogP contribution in [0.3, 0.4) is 0 Å². The molecular formula is C13H26O5Zr. The molecule has 0 saturated heterocycles. The number of rotatable bonds is 1. The minimum atomic E-state index is -1.19. The maximum Gasteiger partial charge on any atom is 4.00 e. The summed E-state index contributed by atoms with van der Waals surface area (Å²) in [4.78, 5) is 9.49. The van der Waals surface area contributed by atoms with Gasteiger partial charge in [0.05, 0.1) is 5.97 Å². The Hall–Kier alpha value is -0.0269. The fourth-order valence-electron chi connectivity index (χ4n) is 0. The fourth-order valence-corrected chi connectivity index (χ4v) is 0. The van der Waals surface area contributed by atoms with E-state index in [0.29, 0.717) is 0 Å². The van der Waals surface area contributed by atoms with Crippen LogP contribution in [-0.2, 0) is 31.0 Å². The Morgan fingerprint density at radius 3 is 0.895 bits per heavy atom. The van der Waals surface area contributed by atoms with E-state index >= 15 is 0 Å². The summed E-state index contributed by atoms with van der Waals surface area (Å²) in [5.74, 6) is -1.19. The first-order valence-electron chi connectivity index (χ1n) is 5.68. The molecule has 5 nitrogen and oxygen atoms in total. The van der Waals surface area contributed by atoms with Crippen molar-refractivity contribution in [2.45, 2.75) is 66.8 Å². The monoisotopic (exact) mass is 352 g/mol. The SMILES string of the molecule is C=C(C)C(=O)[O-].CC(C)[O-].CC(C)[O-].CC(C)[O-].[Zr+4]. The van der Waals surface area contributed by atoms with Crippen LogP contribution in [0, 0.1) is 0 Å². The van der Waals surface area contributed by atoms with E-state index in [1.54, 1.807) is 41.5 Å². The molecule has 0 N–H and O–H groups in total. The van der Waals surface area contributed by atoms with Crippen molar-refractivity contribution in [3.63, 3.8) is 0 Å². The van der Waals surface area contributed by atoms with Crippen molar-refractivity contribution in [2.24, 2.45) is 0 Å². The van der Waals surface area contributed by atoms with Crippen molar-refractivity contribution in [1.29, 1.82) is 0 Å². The van der Waals surface area contributed by atoms with Gasteiger partial charge in [-0.25, -0.2) is 0 Å². The Morgan fingerprint density at radius 2 is 0.895 bits per heavy atom. The van der Waals surface area contributed by atoms with Gasteiger partial charge in [-0.1, -0.05) is 48.1 Å². The van der Waals surface area contributed by atoms with Crippen LogP contribution in [0.5, 0.6) is 0 Å². The van der Waals surface area contributed by atoms with Crippen molar-refractivity contribution in [3.05, 3.63) is 12.2 Å². The van der Waals surface area contributed by atoms with Crippen molar-refractivity contribution in [3.8, 4) is 0 Å². The third kappa shape index (κ3) is 290. The first-order chi connectivity index (χ1) is 7.84. The van der Waals surface area contributed by atoms with E-state index in [2.05, 4.69) is 6.58 Å². The van der Waals surface area contributed by atoms with Gasteiger partial charge in [0.15, 0.2) is 0 Å². The third-order valence-corrected chi connectivity index (χ3v) is 0.348. The number of carbonyl (C=O) groups is 1. The molecule has 0 aromatic carbocycles. The van der Waals surface area contributed by atoms with E-state index in [1.807, 2.05) is 0 Å². The second-order valence-electron chi connectivity index (χ2n) is 4.21. The van der Waals surface area contributed by atoms with Gasteiger partial charge in [0.1, 0.15) is 0 Å². The smallest absolute Gasteiger partial charge is 0.852 e. The van der Waals surface area contributed by atoms with Crippen molar-refractivity contribution >= 4 is 5.97 Å². The molecule has 0 aromatic rings. The summed E-state index contributed by atoms with van der Waals surface area (Å²) in [5, 5.41) is 38.1. The molecule has 0 spiro atoms. The Kier molecular flexibility index (Phi) is 38.2. The van der Waals surface area contributed by atoms with Gasteiger partial charge >= 0.3 is 26.2 Å². The van der Waals surface area contributed by atoms with E-state index < -0.39 is 24.3 Å². The maximum atomic E-state index is 9.53. The van der Waals surface area contributed by atoms with Crippen LogP contribution < -0.4 is 20.4 Å². The Labute approximate surface area is 136 Å². The Balaban J connectivity index is -0.0000000459. The summed E-state index contributed by atoms with van der Waals surface area (Å²) >= 11 is 0. The van der Waals surface area contributed by atoms with Crippen LogP contribution in [0.2, 0.25) is 0 Å². The van der Waals surface area contributed by atoms with Gasteiger partial charge in [-0.15, -0.1) is 18.3 Å². The van der Waals surface area contributed by atoms with Gasteiger partial charge in [-0.05, 0) is 12.5 Å². The molecule has 0 aliphatic heterocycles. The number of aliphatic carboxylic acids is 1. The van der Waals surface area contributed by atoms with E-state index in [1.165, 1.54) is 6.92 Å². The Bertz CT molecular complexity index is 157. The normalized spacial score (nSPS) is 8.05. The van der Waals surface area contributed by atoms with Crippen LogP contribution in [-0.4, -0.2) is 24.3 Å². The molecule has 0 bridgehead atoms. The second-order valence-corrected chi connectivity index (χ2v) is 4.21. The van der Waals surface area contributed by atoms with Gasteiger partial charge in [0, 0.05) is 0 Å². The van der Waals surface area contributed by atoms with Crippen LogP contribution in [0.25, 0.3) is 0 Å². The van der Waals surface area contributed by atoms with Crippen molar-refractivity contribution in [1.82, 2.24) is 0 Å². The molecular weight excluding hydrogens is 327 g/mol. The summed E-state index contributed by atoms with van der Waals surface area (Å²) < 4.78 is 0. The van der Waals surface area contributed by atoms with Crippen LogP contribution in [0.15, 0.2) is 12.2 Å². The molecule has 0 heterocycles. The topological polar surface area (TPSA) is 109 Å². The number of carboxylic acids is 1. The van der Waals surface area contributed by atoms with Gasteiger partial charge in [0.2, 0.25) is 0 Å². The molecule has 0 atom stereocenters. The predicted molar refractivity (Wildman–Crippen MR) is 65.2 cm³/mol. The number of carbonyl (C=O) groups excluding carboxylic acids is 1. The molecule has 112 valence electrons. The number of carboxylic acid groups (broad SMARTS) is 1. The van der Waals surface area contributed by atoms with E-state index in [0.717, 1.165) is 0 Å². The molecule has 0 fully saturated rings. The zero-order chi connectivity index (χ0) is 15.9. The molecule has 6 heteroatoms. The van der Waals surface area contributed by atoms with E-state index in [-0.39, 0.29) is 31.8 Å². The minimum Gasteiger partial charge on any atom is -0.852 e. The zero-order valence-corrected chi connectivity index (χ0v) is 15.4. The average Bonchev–Trinajstić information content (AvgIpc) is 1.99. The van der Waals surface area contributed by atoms with Crippen LogP contribution in [0.4, 0.5) is 0 Å². The molecule has 19 heavy (non-hydrogen) atoms. The summed E-state index contributed by atoms with van der Waals surface area (Å²) in [6, 6.07) is 0. The average molecular weight is 354 g/mol. The summed E-state index contributed by atoms with van der Waals surface area (Å²) in [6.45, 7) is 14.1. The zero-order valence-electron chi connectivity index (χ0n) is 13.0. The first kappa shape index (κ1) is 31.4. The maximum absolute atomic E-state index is 9.53. The van der Waals surface area contributed by atoms with Crippen LogP contribution in [0.1, 0.15) is 48.5 Å². The predicted octanol–water partition coefficient (Wildman–Crippen LogP) is -1.42.